The molecule has 3 aromatic rings. The minimum Gasteiger partial charge on any atom is -0.394 e. The molecule has 7 nitrogen and oxygen atoms in total. The van der Waals surface area contributed by atoms with Crippen LogP contribution < -0.4 is 15.4 Å². The van der Waals surface area contributed by atoms with Crippen molar-refractivity contribution in [2.45, 2.75) is 55.9 Å². The summed E-state index contributed by atoms with van der Waals surface area (Å²) in [7, 11) is -0.796. The Bertz CT molecular complexity index is 1410. The summed E-state index contributed by atoms with van der Waals surface area (Å²) in [4.78, 5) is 0.950. The van der Waals surface area contributed by atoms with Gasteiger partial charge in [0.25, 0.3) is 0 Å². The molecular formula is C29H35F3N4O3S2. The predicted molar refractivity (Wildman–Crippen MR) is 161 cm³/mol. The van der Waals surface area contributed by atoms with Crippen LogP contribution in [0.3, 0.4) is 0 Å². The molecule has 0 aliphatic carbocycles. The van der Waals surface area contributed by atoms with Gasteiger partial charge in [-0.15, -0.1) is 0 Å². The van der Waals surface area contributed by atoms with Crippen LogP contribution in [0.2, 0.25) is 0 Å². The standard InChI is InChI=1S/C29H35F3N4O3S2/c1-2-20-15-24(40-34-17-23(38)18-37)8-9-26(20)33-12-4-5-22-16-25-27(35-21-10-13-41(39)14-11-21)6-3-7-28(25)36(22)19-29(30,31)32/h3,6-9,15-16,21,23,33-35,37-38H,2,10-14,17-19H2,1H3. The van der Waals surface area contributed by atoms with Crippen LogP contribution in [0, 0.1) is 11.8 Å². The van der Waals surface area contributed by atoms with E-state index in [1.807, 2.05) is 31.2 Å². The van der Waals surface area contributed by atoms with Gasteiger partial charge in [-0.2, -0.15) is 13.2 Å². The molecule has 0 amide bonds. The molecule has 2 heterocycles. The number of aliphatic hydroxyl groups excluding tert-OH is 2. The molecule has 0 spiro atoms. The summed E-state index contributed by atoms with van der Waals surface area (Å²) in [5.41, 5.74) is 3.45. The topological polar surface area (TPSA) is 98.6 Å². The molecule has 0 saturated carbocycles. The van der Waals surface area contributed by atoms with Crippen LogP contribution in [0.5, 0.6) is 0 Å². The number of alkyl halides is 3. The van der Waals surface area contributed by atoms with Crippen molar-refractivity contribution in [2.24, 2.45) is 0 Å². The first-order chi connectivity index (χ1) is 19.7. The quantitative estimate of drug-likeness (QED) is 0.162. The number of aliphatic hydroxyl groups is 2. The van der Waals surface area contributed by atoms with Gasteiger partial charge in [0.15, 0.2) is 0 Å². The minimum atomic E-state index is -4.40. The molecule has 41 heavy (non-hydrogen) atoms. The van der Waals surface area contributed by atoms with E-state index in [0.29, 0.717) is 22.4 Å². The highest BCUT2D eigenvalue weighted by Gasteiger charge is 2.30. The van der Waals surface area contributed by atoms with Crippen molar-refractivity contribution >= 4 is 45.0 Å². The first kappa shape index (κ1) is 31.3. The Kier molecular flexibility index (Phi) is 11.0. The Morgan fingerprint density at radius 1 is 1.17 bits per heavy atom. The Hall–Kier alpha value is -2.69. The molecule has 4 rings (SSSR count). The average molecular weight is 609 g/mol. The SMILES string of the molecule is CCc1cc(SNCC(O)CO)ccc1NCC#Cc1cc2c(NC3CCS(=O)CC3)cccc2n1CC(F)(F)F. The molecular weight excluding hydrogens is 573 g/mol. The average Bonchev–Trinajstić information content (AvgIpc) is 3.29. The van der Waals surface area contributed by atoms with Crippen LogP contribution in [0.4, 0.5) is 24.5 Å². The highest BCUT2D eigenvalue weighted by atomic mass is 32.2. The predicted octanol–water partition coefficient (Wildman–Crippen LogP) is 4.50. The van der Waals surface area contributed by atoms with Crippen LogP contribution in [0.1, 0.15) is 31.0 Å². The van der Waals surface area contributed by atoms with Gasteiger partial charge >= 0.3 is 6.18 Å². The van der Waals surface area contributed by atoms with Crippen molar-refractivity contribution < 1.29 is 27.6 Å². The Morgan fingerprint density at radius 3 is 2.66 bits per heavy atom. The Labute approximate surface area is 244 Å². The molecule has 1 aromatic heterocycles. The fourth-order valence-corrected chi connectivity index (χ4v) is 6.76. The molecule has 1 aliphatic heterocycles. The van der Waals surface area contributed by atoms with E-state index in [9.17, 15) is 22.5 Å². The third kappa shape index (κ3) is 8.90. The summed E-state index contributed by atoms with van der Waals surface area (Å²) < 4.78 is 56.6. The number of nitrogens with zero attached hydrogens (tertiary/aromatic N) is 1. The Morgan fingerprint density at radius 2 is 1.95 bits per heavy atom. The van der Waals surface area contributed by atoms with Crippen molar-refractivity contribution in [2.75, 3.05) is 41.8 Å². The van der Waals surface area contributed by atoms with Crippen LogP contribution in [-0.4, -0.2) is 68.5 Å². The van der Waals surface area contributed by atoms with Crippen molar-refractivity contribution in [3.8, 4) is 11.8 Å². The molecule has 1 aliphatic rings. The fourth-order valence-electron chi connectivity index (χ4n) is 4.68. The second kappa shape index (κ2) is 14.5. The molecule has 222 valence electrons. The van der Waals surface area contributed by atoms with E-state index in [2.05, 4.69) is 27.2 Å². The summed E-state index contributed by atoms with van der Waals surface area (Å²) in [6.07, 6.45) is -2.95. The van der Waals surface area contributed by atoms with Gasteiger partial charge in [-0.25, -0.2) is 0 Å². The number of nitrogens with one attached hydrogen (secondary N) is 3. The van der Waals surface area contributed by atoms with Gasteiger partial charge in [-0.3, -0.25) is 8.93 Å². The van der Waals surface area contributed by atoms with Gasteiger partial charge in [-0.05, 0) is 79.1 Å². The summed E-state index contributed by atoms with van der Waals surface area (Å²) in [5.74, 6) is 7.19. The molecule has 5 N–H and O–H groups in total. The number of benzene rings is 2. The van der Waals surface area contributed by atoms with Crippen LogP contribution >= 0.6 is 11.9 Å². The maximum absolute atomic E-state index is 13.5. The van der Waals surface area contributed by atoms with Gasteiger partial charge in [0.1, 0.15) is 6.54 Å². The number of rotatable bonds is 11. The van der Waals surface area contributed by atoms with E-state index < -0.39 is 29.6 Å². The van der Waals surface area contributed by atoms with Crippen molar-refractivity contribution in [1.29, 1.82) is 0 Å². The zero-order chi connectivity index (χ0) is 29.4. The van der Waals surface area contributed by atoms with E-state index in [1.54, 1.807) is 18.2 Å². The van der Waals surface area contributed by atoms with Crippen LogP contribution in [0.15, 0.2) is 47.4 Å². The monoisotopic (exact) mass is 608 g/mol. The molecule has 12 heteroatoms. The highest BCUT2D eigenvalue weighted by Crippen LogP contribution is 2.31. The van der Waals surface area contributed by atoms with E-state index in [0.717, 1.165) is 41.1 Å². The highest BCUT2D eigenvalue weighted by molar-refractivity contribution is 7.97. The van der Waals surface area contributed by atoms with E-state index in [-0.39, 0.29) is 31.4 Å². The second-order valence-corrected chi connectivity index (χ2v) is 12.5. The van der Waals surface area contributed by atoms with Crippen molar-refractivity contribution in [1.82, 2.24) is 9.29 Å². The van der Waals surface area contributed by atoms with Gasteiger partial charge in [0.2, 0.25) is 0 Å². The fraction of sp³-hybridized carbons (Fsp3) is 0.448. The number of aromatic nitrogens is 1. The maximum atomic E-state index is 13.5. The largest absolute Gasteiger partial charge is 0.406 e. The summed E-state index contributed by atoms with van der Waals surface area (Å²) in [6, 6.07) is 13.0. The normalized spacial score (nSPS) is 18.1. The number of fused-ring (bicyclic) bond motifs is 1. The smallest absolute Gasteiger partial charge is 0.394 e. The molecule has 1 saturated heterocycles. The van der Waals surface area contributed by atoms with Gasteiger partial charge in [0, 0.05) is 56.5 Å². The summed E-state index contributed by atoms with van der Waals surface area (Å²) in [5, 5.41) is 25.8. The third-order valence-electron chi connectivity index (χ3n) is 6.79. The third-order valence-corrected chi connectivity index (χ3v) is 8.97. The van der Waals surface area contributed by atoms with Gasteiger partial charge in [-0.1, -0.05) is 18.9 Å². The Balaban J connectivity index is 1.50. The zero-order valence-corrected chi connectivity index (χ0v) is 24.4. The number of aryl methyl sites for hydroxylation is 1. The molecule has 1 atom stereocenters. The van der Waals surface area contributed by atoms with Crippen LogP contribution in [-0.2, 0) is 23.8 Å². The van der Waals surface area contributed by atoms with E-state index in [4.69, 9.17) is 5.11 Å². The summed E-state index contributed by atoms with van der Waals surface area (Å²) in [6.45, 7) is 1.08. The minimum absolute atomic E-state index is 0.128. The number of hydrogen-bond acceptors (Lipinski definition) is 7. The van der Waals surface area contributed by atoms with Gasteiger partial charge < -0.3 is 25.4 Å². The van der Waals surface area contributed by atoms with E-state index >= 15 is 0 Å². The molecule has 0 bridgehead atoms. The maximum Gasteiger partial charge on any atom is 0.406 e. The molecule has 2 aromatic carbocycles. The second-order valence-electron chi connectivity index (χ2n) is 9.85. The number of halogens is 3. The van der Waals surface area contributed by atoms with Crippen molar-refractivity contribution in [3.05, 3.63) is 53.7 Å². The molecule has 1 unspecified atom stereocenters. The zero-order valence-electron chi connectivity index (χ0n) is 22.8. The lowest BCUT2D eigenvalue weighted by molar-refractivity contribution is -0.140. The lowest BCUT2D eigenvalue weighted by atomic mass is 10.1. The lowest BCUT2D eigenvalue weighted by Crippen LogP contribution is -2.29. The number of anilines is 2. The first-order valence-electron chi connectivity index (χ1n) is 13.5. The van der Waals surface area contributed by atoms with Crippen molar-refractivity contribution in [3.63, 3.8) is 0 Å². The lowest BCUT2D eigenvalue weighted by Gasteiger charge is -2.24. The van der Waals surface area contributed by atoms with Gasteiger partial charge in [0.05, 0.1) is 30.5 Å². The summed E-state index contributed by atoms with van der Waals surface area (Å²) >= 11 is 1.36. The molecule has 0 radical (unpaired) electrons. The van der Waals surface area contributed by atoms with E-state index in [1.165, 1.54) is 16.5 Å². The first-order valence-corrected chi connectivity index (χ1v) is 15.8. The molecule has 1 fully saturated rings. The number of hydrogen-bond donors (Lipinski definition) is 5. The van der Waals surface area contributed by atoms with Crippen LogP contribution in [0.25, 0.3) is 10.9 Å².